The highest BCUT2D eigenvalue weighted by Gasteiger charge is 2.19. The van der Waals surface area contributed by atoms with Crippen molar-refractivity contribution < 1.29 is 19.1 Å². The number of ether oxygens (including phenoxy) is 1. The smallest absolute Gasteiger partial charge is 0.338 e. The maximum Gasteiger partial charge on any atom is 0.338 e. The van der Waals surface area contributed by atoms with E-state index in [1.807, 2.05) is 0 Å². The van der Waals surface area contributed by atoms with Crippen LogP contribution in [0.1, 0.15) is 24.2 Å². The molecular weight excluding hydrogens is 322 g/mol. The average molecular weight is 341 g/mol. The van der Waals surface area contributed by atoms with Crippen molar-refractivity contribution in [2.24, 2.45) is 0 Å². The second-order valence-electron chi connectivity index (χ2n) is 5.42. The van der Waals surface area contributed by atoms with Crippen molar-refractivity contribution >= 4 is 34.8 Å². The first-order valence-electron chi connectivity index (χ1n) is 7.60. The molecule has 0 radical (unpaired) electrons. The molecule has 0 spiro atoms. The summed E-state index contributed by atoms with van der Waals surface area (Å²) in [5.41, 5.74) is 7.55. The molecule has 2 aromatic carbocycles. The fourth-order valence-corrected chi connectivity index (χ4v) is 1.99. The minimum Gasteiger partial charge on any atom is -0.449 e. The van der Waals surface area contributed by atoms with Crippen molar-refractivity contribution in [1.29, 1.82) is 0 Å². The number of anilines is 3. The van der Waals surface area contributed by atoms with E-state index < -0.39 is 18.0 Å². The van der Waals surface area contributed by atoms with E-state index in [1.165, 1.54) is 26.0 Å². The monoisotopic (exact) mass is 341 g/mol. The van der Waals surface area contributed by atoms with Gasteiger partial charge in [0, 0.05) is 24.0 Å². The lowest BCUT2D eigenvalue weighted by atomic mass is 10.2. The molecular formula is C18H19N3O4. The molecule has 2 aromatic rings. The average Bonchev–Trinajstić information content (AvgIpc) is 2.56. The largest absolute Gasteiger partial charge is 0.449 e. The number of amides is 2. The van der Waals surface area contributed by atoms with Gasteiger partial charge >= 0.3 is 5.97 Å². The highest BCUT2D eigenvalue weighted by Crippen LogP contribution is 2.14. The van der Waals surface area contributed by atoms with Crippen molar-refractivity contribution in [3.05, 3.63) is 54.1 Å². The lowest BCUT2D eigenvalue weighted by molar-refractivity contribution is -0.123. The predicted molar refractivity (Wildman–Crippen MR) is 95.1 cm³/mol. The molecule has 130 valence electrons. The lowest BCUT2D eigenvalue weighted by Gasteiger charge is -2.14. The number of hydrogen-bond donors (Lipinski definition) is 3. The standard InChI is InChI=1S/C18H19N3O4/c1-11(25-18(24)13-3-5-14(19)6-4-13)17(23)21-16-9-7-15(8-10-16)20-12(2)22/h3-11H,19H2,1-2H3,(H,20,22)(H,21,23)/t11-/m0/s1. The second kappa shape index (κ2) is 7.96. The van der Waals surface area contributed by atoms with Crippen LogP contribution in [0, 0.1) is 0 Å². The molecule has 1 atom stereocenters. The Labute approximate surface area is 145 Å². The molecule has 0 aliphatic heterocycles. The summed E-state index contributed by atoms with van der Waals surface area (Å²) in [5, 5.41) is 5.27. The van der Waals surface area contributed by atoms with Gasteiger partial charge in [0.1, 0.15) is 0 Å². The Morgan fingerprint density at radius 1 is 0.920 bits per heavy atom. The zero-order chi connectivity index (χ0) is 18.4. The minimum atomic E-state index is -0.972. The number of benzene rings is 2. The maximum atomic E-state index is 12.1. The van der Waals surface area contributed by atoms with Crippen LogP contribution >= 0.6 is 0 Å². The molecule has 0 heterocycles. The SMILES string of the molecule is CC(=O)Nc1ccc(NC(=O)[C@H](C)OC(=O)c2ccc(N)cc2)cc1. The van der Waals surface area contributed by atoms with E-state index in [1.54, 1.807) is 36.4 Å². The number of hydrogen-bond acceptors (Lipinski definition) is 5. The van der Waals surface area contributed by atoms with Gasteiger partial charge in [-0.25, -0.2) is 4.79 Å². The first-order valence-corrected chi connectivity index (χ1v) is 7.60. The van der Waals surface area contributed by atoms with Crippen LogP contribution in [0.25, 0.3) is 0 Å². The molecule has 2 amide bonds. The summed E-state index contributed by atoms with van der Waals surface area (Å²) in [6.45, 7) is 2.89. The summed E-state index contributed by atoms with van der Waals surface area (Å²) in [4.78, 5) is 35.1. The Bertz CT molecular complexity index is 770. The molecule has 2 rings (SSSR count). The predicted octanol–water partition coefficient (Wildman–Crippen LogP) is 2.41. The number of rotatable bonds is 5. The van der Waals surface area contributed by atoms with Crippen molar-refractivity contribution in [3.8, 4) is 0 Å². The van der Waals surface area contributed by atoms with Gasteiger partial charge in [-0.2, -0.15) is 0 Å². The molecule has 0 aliphatic rings. The van der Waals surface area contributed by atoms with Gasteiger partial charge in [-0.1, -0.05) is 0 Å². The lowest BCUT2D eigenvalue weighted by Crippen LogP contribution is -2.30. The van der Waals surface area contributed by atoms with E-state index in [0.29, 0.717) is 22.6 Å². The van der Waals surface area contributed by atoms with Gasteiger partial charge in [0.25, 0.3) is 5.91 Å². The van der Waals surface area contributed by atoms with Gasteiger partial charge in [-0.3, -0.25) is 9.59 Å². The van der Waals surface area contributed by atoms with E-state index in [2.05, 4.69) is 10.6 Å². The molecule has 0 aromatic heterocycles. The Morgan fingerprint density at radius 3 is 1.96 bits per heavy atom. The maximum absolute atomic E-state index is 12.1. The third kappa shape index (κ3) is 5.35. The summed E-state index contributed by atoms with van der Waals surface area (Å²) in [7, 11) is 0. The molecule has 4 N–H and O–H groups in total. The Kier molecular flexibility index (Phi) is 5.73. The number of carbonyl (C=O) groups is 3. The van der Waals surface area contributed by atoms with Crippen molar-refractivity contribution in [2.45, 2.75) is 20.0 Å². The molecule has 0 bridgehead atoms. The van der Waals surface area contributed by atoms with Crippen LogP contribution in [0.3, 0.4) is 0 Å². The van der Waals surface area contributed by atoms with Gasteiger partial charge < -0.3 is 21.1 Å². The van der Waals surface area contributed by atoms with Crippen molar-refractivity contribution in [1.82, 2.24) is 0 Å². The van der Waals surface area contributed by atoms with Crippen molar-refractivity contribution in [2.75, 3.05) is 16.4 Å². The summed E-state index contributed by atoms with van der Waals surface area (Å²) < 4.78 is 5.14. The summed E-state index contributed by atoms with van der Waals surface area (Å²) in [6, 6.07) is 12.8. The van der Waals surface area contributed by atoms with Crippen LogP contribution in [0.4, 0.5) is 17.1 Å². The van der Waals surface area contributed by atoms with Crippen LogP contribution < -0.4 is 16.4 Å². The summed E-state index contributed by atoms with van der Waals surface area (Å²) in [5.74, 6) is -1.25. The Balaban J connectivity index is 1.92. The summed E-state index contributed by atoms with van der Waals surface area (Å²) >= 11 is 0. The van der Waals surface area contributed by atoms with E-state index in [0.717, 1.165) is 0 Å². The molecule has 0 saturated heterocycles. The zero-order valence-corrected chi connectivity index (χ0v) is 13.9. The highest BCUT2D eigenvalue weighted by atomic mass is 16.5. The van der Waals surface area contributed by atoms with E-state index >= 15 is 0 Å². The number of esters is 1. The van der Waals surface area contributed by atoms with Gasteiger partial charge in [-0.05, 0) is 55.5 Å². The van der Waals surface area contributed by atoms with Crippen molar-refractivity contribution in [3.63, 3.8) is 0 Å². The Morgan fingerprint density at radius 2 is 1.44 bits per heavy atom. The second-order valence-corrected chi connectivity index (χ2v) is 5.42. The Hall–Kier alpha value is -3.35. The third-order valence-corrected chi connectivity index (χ3v) is 3.27. The van der Waals surface area contributed by atoms with Gasteiger partial charge in [0.05, 0.1) is 5.56 Å². The molecule has 0 saturated carbocycles. The van der Waals surface area contributed by atoms with E-state index in [-0.39, 0.29) is 5.91 Å². The number of nitrogen functional groups attached to an aromatic ring is 1. The third-order valence-electron chi connectivity index (χ3n) is 3.27. The fraction of sp³-hybridized carbons (Fsp3) is 0.167. The molecule has 0 unspecified atom stereocenters. The van der Waals surface area contributed by atoms with E-state index in [9.17, 15) is 14.4 Å². The molecule has 0 fully saturated rings. The minimum absolute atomic E-state index is 0.181. The van der Waals surface area contributed by atoms with Crippen LogP contribution in [0.5, 0.6) is 0 Å². The molecule has 25 heavy (non-hydrogen) atoms. The van der Waals surface area contributed by atoms with Crippen LogP contribution in [-0.4, -0.2) is 23.9 Å². The zero-order valence-electron chi connectivity index (χ0n) is 13.9. The van der Waals surface area contributed by atoms with E-state index in [4.69, 9.17) is 10.5 Å². The topological polar surface area (TPSA) is 111 Å². The molecule has 7 nitrogen and oxygen atoms in total. The first kappa shape index (κ1) is 18.0. The normalized spacial score (nSPS) is 11.3. The summed E-state index contributed by atoms with van der Waals surface area (Å²) in [6.07, 6.45) is -0.972. The quantitative estimate of drug-likeness (QED) is 0.571. The van der Waals surface area contributed by atoms with Crippen LogP contribution in [0.2, 0.25) is 0 Å². The van der Waals surface area contributed by atoms with Crippen LogP contribution in [-0.2, 0) is 14.3 Å². The van der Waals surface area contributed by atoms with Crippen LogP contribution in [0.15, 0.2) is 48.5 Å². The van der Waals surface area contributed by atoms with Gasteiger partial charge in [-0.15, -0.1) is 0 Å². The first-order chi connectivity index (χ1) is 11.8. The molecule has 0 aliphatic carbocycles. The highest BCUT2D eigenvalue weighted by molar-refractivity contribution is 5.97. The number of carbonyl (C=O) groups excluding carboxylic acids is 3. The number of nitrogens with one attached hydrogen (secondary N) is 2. The van der Waals surface area contributed by atoms with Gasteiger partial charge in [0.2, 0.25) is 5.91 Å². The number of nitrogens with two attached hydrogens (primary N) is 1. The fourth-order valence-electron chi connectivity index (χ4n) is 1.99. The molecule has 7 heteroatoms. The van der Waals surface area contributed by atoms with Gasteiger partial charge in [0.15, 0.2) is 6.10 Å².